The molecule has 2 rings (SSSR count). The highest BCUT2D eigenvalue weighted by atomic mass is 32.2. The van der Waals surface area contributed by atoms with E-state index < -0.39 is 11.2 Å². The normalized spacial score (nSPS) is 37.6. The number of hydrogen-bond donors (Lipinski definition) is 0. The summed E-state index contributed by atoms with van der Waals surface area (Å²) in [4.78, 5) is 2.38. The molecule has 2 heterocycles. The predicted octanol–water partition coefficient (Wildman–Crippen LogP) is -0.272. The van der Waals surface area contributed by atoms with Gasteiger partial charge in [0.05, 0.1) is 6.54 Å². The highest BCUT2D eigenvalue weighted by molar-refractivity contribution is 7.99. The van der Waals surface area contributed by atoms with Gasteiger partial charge in [0.15, 0.2) is 0 Å². The van der Waals surface area contributed by atoms with Crippen LogP contribution in [-0.2, 0) is 11.2 Å². The van der Waals surface area contributed by atoms with Gasteiger partial charge in [-0.3, -0.25) is 4.90 Å². The average Bonchev–Trinajstić information content (AvgIpc) is 2.19. The second-order valence-corrected chi connectivity index (χ2v) is 6.19. The zero-order valence-corrected chi connectivity index (χ0v) is 9.28. The van der Waals surface area contributed by atoms with Crippen molar-refractivity contribution in [1.29, 1.82) is 0 Å². The first-order chi connectivity index (χ1) is 6.36. The summed E-state index contributed by atoms with van der Waals surface area (Å²) >= 11 is 1.39. The molecule has 1 radical (unpaired) electrons. The molecule has 0 aromatic carbocycles. The Morgan fingerprint density at radius 2 is 2.15 bits per heavy atom. The Morgan fingerprint density at radius 1 is 1.38 bits per heavy atom. The quantitative estimate of drug-likeness (QED) is 0.570. The molecule has 0 spiro atoms. The van der Waals surface area contributed by atoms with E-state index in [1.807, 2.05) is 11.8 Å². The van der Waals surface area contributed by atoms with E-state index in [9.17, 15) is 4.55 Å². The van der Waals surface area contributed by atoms with Crippen LogP contribution in [-0.4, -0.2) is 58.3 Å². The van der Waals surface area contributed by atoms with Gasteiger partial charge in [-0.15, -0.1) is 0 Å². The van der Waals surface area contributed by atoms with Gasteiger partial charge in [0.25, 0.3) is 0 Å². The maximum atomic E-state index is 11.3. The molecule has 2 saturated heterocycles. The van der Waals surface area contributed by atoms with Crippen LogP contribution in [0.25, 0.3) is 0 Å². The van der Waals surface area contributed by atoms with Crippen LogP contribution in [0.2, 0.25) is 0 Å². The molecule has 0 N–H and O–H groups in total. The molecule has 5 heteroatoms. The Balaban J connectivity index is 1.83. The van der Waals surface area contributed by atoms with Gasteiger partial charge in [0.1, 0.15) is 17.7 Å². The first-order valence-electron chi connectivity index (χ1n) is 4.69. The van der Waals surface area contributed by atoms with E-state index in [1.165, 1.54) is 11.5 Å². The van der Waals surface area contributed by atoms with Crippen LogP contribution in [0.4, 0.5) is 0 Å². The third kappa shape index (κ3) is 2.76. The molecule has 0 aromatic rings. The summed E-state index contributed by atoms with van der Waals surface area (Å²) in [5.41, 5.74) is 0. The molecule has 0 bridgehead atoms. The lowest BCUT2D eigenvalue weighted by molar-refractivity contribution is 0.193. The Labute approximate surface area is 86.8 Å². The first kappa shape index (κ1) is 10.1. The highest BCUT2D eigenvalue weighted by Crippen LogP contribution is 2.14. The van der Waals surface area contributed by atoms with Crippen molar-refractivity contribution in [2.75, 3.05) is 42.6 Å². The molecule has 2 aliphatic heterocycles. The average molecular weight is 219 g/mol. The number of hydrogen-bond acceptors (Lipinski definition) is 3. The van der Waals surface area contributed by atoms with Crippen molar-refractivity contribution in [3.05, 3.63) is 0 Å². The van der Waals surface area contributed by atoms with Crippen LogP contribution in [0.1, 0.15) is 0 Å². The molecule has 2 aliphatic rings. The third-order valence-electron chi connectivity index (χ3n) is 2.46. The van der Waals surface area contributed by atoms with Crippen LogP contribution < -0.4 is 5.32 Å². The van der Waals surface area contributed by atoms with Gasteiger partial charge in [-0.05, 0) is 11.2 Å². The minimum absolute atomic E-state index is 0.260. The lowest BCUT2D eigenvalue weighted by Gasteiger charge is -2.35. The fourth-order valence-corrected chi connectivity index (χ4v) is 3.76. The summed E-state index contributed by atoms with van der Waals surface area (Å²) < 4.78 is 11.3. The maximum absolute atomic E-state index is 11.3. The van der Waals surface area contributed by atoms with E-state index in [2.05, 4.69) is 10.2 Å². The smallest absolute Gasteiger partial charge is 0.135 e. The van der Waals surface area contributed by atoms with Crippen molar-refractivity contribution in [3.8, 4) is 0 Å². The monoisotopic (exact) mass is 219 g/mol. The maximum Gasteiger partial charge on any atom is 0.135 e. The molecule has 2 atom stereocenters. The van der Waals surface area contributed by atoms with Crippen LogP contribution in [0, 0.1) is 0 Å². The topological polar surface area (TPSA) is 40.4 Å². The second kappa shape index (κ2) is 4.89. The Hall–Kier alpha value is 0.580. The standard InChI is InChI=1S/C8H15N2OS2/c11-13-6-1-9-8(7-13)10-2-4-12-5-3-10/h8H,1-7H2. The SMILES string of the molecule is [O-][S+]1CC[N]C(N2CCSCC2)C1. The summed E-state index contributed by atoms with van der Waals surface area (Å²) in [5, 5.41) is 4.53. The van der Waals surface area contributed by atoms with Crippen molar-refractivity contribution < 1.29 is 4.55 Å². The van der Waals surface area contributed by atoms with Crippen molar-refractivity contribution in [2.24, 2.45) is 0 Å². The van der Waals surface area contributed by atoms with Gasteiger partial charge in [-0.2, -0.15) is 11.8 Å². The Morgan fingerprint density at radius 3 is 2.85 bits per heavy atom. The highest BCUT2D eigenvalue weighted by Gasteiger charge is 2.29. The number of nitrogens with zero attached hydrogens (tertiary/aromatic N) is 2. The minimum Gasteiger partial charge on any atom is -0.616 e. The van der Waals surface area contributed by atoms with Crippen LogP contribution >= 0.6 is 11.8 Å². The summed E-state index contributed by atoms with van der Waals surface area (Å²) in [6.45, 7) is 3.03. The zero-order valence-electron chi connectivity index (χ0n) is 7.65. The summed E-state index contributed by atoms with van der Waals surface area (Å²) in [5.74, 6) is 3.96. The Bertz CT molecular complexity index is 164. The number of rotatable bonds is 1. The summed E-state index contributed by atoms with van der Waals surface area (Å²) in [6.07, 6.45) is 0.260. The van der Waals surface area contributed by atoms with E-state index in [4.69, 9.17) is 0 Å². The lowest BCUT2D eigenvalue weighted by Crippen LogP contribution is -2.53. The van der Waals surface area contributed by atoms with Crippen LogP contribution in [0.5, 0.6) is 0 Å². The zero-order chi connectivity index (χ0) is 9.10. The predicted molar refractivity (Wildman–Crippen MR) is 57.6 cm³/mol. The fraction of sp³-hybridized carbons (Fsp3) is 1.00. The molecule has 75 valence electrons. The molecular weight excluding hydrogens is 204 g/mol. The minimum atomic E-state index is -0.614. The first-order valence-corrected chi connectivity index (χ1v) is 7.34. The van der Waals surface area contributed by atoms with Gasteiger partial charge >= 0.3 is 0 Å². The number of thioether (sulfide) groups is 1. The second-order valence-electron chi connectivity index (χ2n) is 3.35. The molecule has 0 saturated carbocycles. The van der Waals surface area contributed by atoms with E-state index in [0.29, 0.717) is 0 Å². The fourth-order valence-electron chi connectivity index (χ4n) is 1.70. The van der Waals surface area contributed by atoms with Gasteiger partial charge < -0.3 is 4.55 Å². The molecule has 0 amide bonds. The van der Waals surface area contributed by atoms with Crippen molar-refractivity contribution in [2.45, 2.75) is 6.17 Å². The van der Waals surface area contributed by atoms with Crippen molar-refractivity contribution >= 4 is 22.9 Å². The lowest BCUT2D eigenvalue weighted by atomic mass is 10.4. The molecular formula is C8H15N2OS2. The third-order valence-corrected chi connectivity index (χ3v) is 4.71. The van der Waals surface area contributed by atoms with Gasteiger partial charge in [-0.1, -0.05) is 0 Å². The molecule has 0 aromatic heterocycles. The van der Waals surface area contributed by atoms with E-state index in [1.54, 1.807) is 0 Å². The summed E-state index contributed by atoms with van der Waals surface area (Å²) in [7, 11) is 0. The Kier molecular flexibility index (Phi) is 3.80. The largest absolute Gasteiger partial charge is 0.616 e. The van der Waals surface area contributed by atoms with Gasteiger partial charge in [-0.25, -0.2) is 5.32 Å². The van der Waals surface area contributed by atoms with Crippen LogP contribution in [0.3, 0.4) is 0 Å². The van der Waals surface area contributed by atoms with E-state index >= 15 is 0 Å². The van der Waals surface area contributed by atoms with Gasteiger partial charge in [0, 0.05) is 24.6 Å². The molecule has 13 heavy (non-hydrogen) atoms. The summed E-state index contributed by atoms with van der Waals surface area (Å²) in [6, 6.07) is 0. The van der Waals surface area contributed by atoms with Gasteiger partial charge in [0.2, 0.25) is 0 Å². The van der Waals surface area contributed by atoms with Crippen molar-refractivity contribution in [1.82, 2.24) is 10.2 Å². The van der Waals surface area contributed by atoms with E-state index in [0.717, 1.165) is 31.1 Å². The molecule has 3 nitrogen and oxygen atoms in total. The molecule has 2 unspecified atom stereocenters. The van der Waals surface area contributed by atoms with E-state index in [-0.39, 0.29) is 6.17 Å². The van der Waals surface area contributed by atoms with Crippen molar-refractivity contribution in [3.63, 3.8) is 0 Å². The molecule has 0 aliphatic carbocycles. The van der Waals surface area contributed by atoms with Crippen LogP contribution in [0.15, 0.2) is 0 Å². The molecule has 2 fully saturated rings.